The Morgan fingerprint density at radius 2 is 1.96 bits per heavy atom. The molecule has 132 valence electrons. The summed E-state index contributed by atoms with van der Waals surface area (Å²) >= 11 is 0. The van der Waals surface area contributed by atoms with Crippen LogP contribution in [-0.4, -0.2) is 24.1 Å². The summed E-state index contributed by atoms with van der Waals surface area (Å²) in [7, 11) is 0. The minimum Gasteiger partial charge on any atom is -0.381 e. The summed E-state index contributed by atoms with van der Waals surface area (Å²) in [5, 5.41) is 3.08. The first-order valence-corrected chi connectivity index (χ1v) is 8.75. The van der Waals surface area contributed by atoms with Crippen LogP contribution < -0.4 is 5.32 Å². The van der Waals surface area contributed by atoms with Crippen LogP contribution in [0.1, 0.15) is 42.9 Å². The molecule has 0 spiro atoms. The van der Waals surface area contributed by atoms with Crippen molar-refractivity contribution in [2.75, 3.05) is 13.2 Å². The van der Waals surface area contributed by atoms with E-state index >= 15 is 0 Å². The van der Waals surface area contributed by atoms with Gasteiger partial charge in [-0.1, -0.05) is 18.2 Å². The molecule has 1 aliphatic rings. The molecule has 1 aliphatic heterocycles. The van der Waals surface area contributed by atoms with Crippen LogP contribution >= 0.6 is 0 Å². The molecule has 5 heteroatoms. The smallest absolute Gasteiger partial charge is 0.220 e. The Balaban J connectivity index is 1.66. The molecule has 1 amide bonds. The van der Waals surface area contributed by atoms with E-state index in [-0.39, 0.29) is 17.8 Å². The Morgan fingerprint density at radius 1 is 1.20 bits per heavy atom. The van der Waals surface area contributed by atoms with Crippen molar-refractivity contribution in [1.82, 2.24) is 10.3 Å². The fraction of sp³-hybridized carbons (Fsp3) is 0.400. The molecular formula is C20H23FN2O2. The van der Waals surface area contributed by atoms with E-state index in [2.05, 4.69) is 10.3 Å². The van der Waals surface area contributed by atoms with Crippen molar-refractivity contribution >= 4 is 5.91 Å². The van der Waals surface area contributed by atoms with Gasteiger partial charge < -0.3 is 10.1 Å². The first-order valence-electron chi connectivity index (χ1n) is 8.75. The van der Waals surface area contributed by atoms with E-state index in [1.807, 2.05) is 12.1 Å². The second-order valence-electron chi connectivity index (χ2n) is 6.43. The van der Waals surface area contributed by atoms with Crippen molar-refractivity contribution in [3.8, 4) is 0 Å². The van der Waals surface area contributed by atoms with Gasteiger partial charge in [-0.2, -0.15) is 0 Å². The summed E-state index contributed by atoms with van der Waals surface area (Å²) in [6.45, 7) is 1.58. The number of benzene rings is 1. The quantitative estimate of drug-likeness (QED) is 0.872. The summed E-state index contributed by atoms with van der Waals surface area (Å²) < 4.78 is 18.6. The normalized spacial score (nSPS) is 16.4. The third-order valence-corrected chi connectivity index (χ3v) is 4.65. The van der Waals surface area contributed by atoms with Crippen molar-refractivity contribution in [2.45, 2.75) is 31.7 Å². The molecule has 0 radical (unpaired) electrons. The molecule has 3 rings (SSSR count). The number of rotatable bonds is 6. The van der Waals surface area contributed by atoms with Crippen LogP contribution in [0.5, 0.6) is 0 Å². The van der Waals surface area contributed by atoms with Gasteiger partial charge in [0.1, 0.15) is 5.82 Å². The van der Waals surface area contributed by atoms with Gasteiger partial charge in [-0.3, -0.25) is 9.78 Å². The zero-order valence-corrected chi connectivity index (χ0v) is 14.2. The van der Waals surface area contributed by atoms with E-state index in [0.717, 1.165) is 43.6 Å². The highest BCUT2D eigenvalue weighted by molar-refractivity contribution is 5.77. The van der Waals surface area contributed by atoms with Crippen molar-refractivity contribution in [3.05, 3.63) is 65.7 Å². The maximum Gasteiger partial charge on any atom is 0.220 e. The number of hydrogen-bond donors (Lipinski definition) is 1. The average molecular weight is 342 g/mol. The Labute approximate surface area is 147 Å². The Kier molecular flexibility index (Phi) is 6.12. The van der Waals surface area contributed by atoms with E-state index in [0.29, 0.717) is 12.3 Å². The van der Waals surface area contributed by atoms with Gasteiger partial charge >= 0.3 is 0 Å². The van der Waals surface area contributed by atoms with Crippen LogP contribution in [0.2, 0.25) is 0 Å². The fourth-order valence-electron chi connectivity index (χ4n) is 3.16. The summed E-state index contributed by atoms with van der Waals surface area (Å²) in [6, 6.07) is 9.65. The Hall–Kier alpha value is -2.27. The van der Waals surface area contributed by atoms with E-state index in [4.69, 9.17) is 4.74 Å². The number of amides is 1. The fourth-order valence-corrected chi connectivity index (χ4v) is 3.16. The van der Waals surface area contributed by atoms with Gasteiger partial charge in [-0.25, -0.2) is 4.39 Å². The first-order chi connectivity index (χ1) is 12.2. The standard InChI is InChI=1S/C20H23FN2O2/c21-18-6-4-16(5-7-18)20(17-2-1-11-22-14-17)23-19(24)8-3-15-9-12-25-13-10-15/h1-2,4-7,11,14-15,20H,3,8-10,12-13H2,(H,23,24)/t20-/m0/s1. The van der Waals surface area contributed by atoms with E-state index < -0.39 is 0 Å². The number of hydrogen-bond acceptors (Lipinski definition) is 3. The molecule has 1 fully saturated rings. The Bertz CT molecular complexity index is 670. The minimum atomic E-state index is -0.323. The number of carbonyl (C=O) groups excluding carboxylic acids is 1. The topological polar surface area (TPSA) is 51.2 Å². The molecular weight excluding hydrogens is 319 g/mol. The largest absolute Gasteiger partial charge is 0.381 e. The summed E-state index contributed by atoms with van der Waals surface area (Å²) in [4.78, 5) is 16.6. The van der Waals surface area contributed by atoms with Crippen molar-refractivity contribution in [1.29, 1.82) is 0 Å². The van der Waals surface area contributed by atoms with Crippen molar-refractivity contribution in [2.24, 2.45) is 5.92 Å². The van der Waals surface area contributed by atoms with E-state index in [1.54, 1.807) is 24.5 Å². The maximum absolute atomic E-state index is 13.2. The molecule has 1 atom stereocenters. The number of carbonyl (C=O) groups is 1. The SMILES string of the molecule is O=C(CCC1CCOCC1)N[C@@H](c1ccc(F)cc1)c1cccnc1. The first kappa shape index (κ1) is 17.5. The third kappa shape index (κ3) is 5.10. The molecule has 1 aromatic carbocycles. The zero-order chi connectivity index (χ0) is 17.5. The van der Waals surface area contributed by atoms with Crippen LogP contribution in [0.3, 0.4) is 0 Å². The van der Waals surface area contributed by atoms with Gasteiger partial charge in [0.2, 0.25) is 5.91 Å². The molecule has 2 aromatic rings. The number of nitrogens with one attached hydrogen (secondary N) is 1. The lowest BCUT2D eigenvalue weighted by Crippen LogP contribution is -2.30. The highest BCUT2D eigenvalue weighted by Crippen LogP contribution is 2.23. The predicted octanol–water partition coefficient (Wildman–Crippen LogP) is 3.63. The molecule has 0 unspecified atom stereocenters. The van der Waals surface area contributed by atoms with Gasteiger partial charge in [0.05, 0.1) is 6.04 Å². The number of ether oxygens (including phenoxy) is 1. The van der Waals surface area contributed by atoms with Gasteiger partial charge in [0, 0.05) is 32.0 Å². The molecule has 2 heterocycles. The van der Waals surface area contributed by atoms with Crippen LogP contribution in [0.4, 0.5) is 4.39 Å². The van der Waals surface area contributed by atoms with Crippen molar-refractivity contribution < 1.29 is 13.9 Å². The predicted molar refractivity (Wildman–Crippen MR) is 93.4 cm³/mol. The highest BCUT2D eigenvalue weighted by Gasteiger charge is 2.19. The number of nitrogens with zero attached hydrogens (tertiary/aromatic N) is 1. The lowest BCUT2D eigenvalue weighted by Gasteiger charge is -2.23. The summed E-state index contributed by atoms with van der Waals surface area (Å²) in [5.74, 6) is 0.270. The second-order valence-corrected chi connectivity index (χ2v) is 6.43. The van der Waals surface area contributed by atoms with Gasteiger partial charge in [0.15, 0.2) is 0 Å². The number of pyridine rings is 1. The van der Waals surface area contributed by atoms with Crippen LogP contribution in [-0.2, 0) is 9.53 Å². The molecule has 0 aliphatic carbocycles. The molecule has 1 aromatic heterocycles. The number of aromatic nitrogens is 1. The number of halogens is 1. The molecule has 1 saturated heterocycles. The van der Waals surface area contributed by atoms with Crippen molar-refractivity contribution in [3.63, 3.8) is 0 Å². The van der Waals surface area contributed by atoms with E-state index in [1.165, 1.54) is 12.1 Å². The lowest BCUT2D eigenvalue weighted by atomic mass is 9.94. The molecule has 1 N–H and O–H groups in total. The molecule has 25 heavy (non-hydrogen) atoms. The zero-order valence-electron chi connectivity index (χ0n) is 14.2. The molecule has 4 nitrogen and oxygen atoms in total. The maximum atomic E-state index is 13.2. The van der Waals surface area contributed by atoms with E-state index in [9.17, 15) is 9.18 Å². The van der Waals surface area contributed by atoms with Crippen LogP contribution in [0.15, 0.2) is 48.8 Å². The van der Waals surface area contributed by atoms with Gasteiger partial charge in [0.25, 0.3) is 0 Å². The highest BCUT2D eigenvalue weighted by atomic mass is 19.1. The minimum absolute atomic E-state index is 0.00432. The summed E-state index contributed by atoms with van der Waals surface area (Å²) in [6.07, 6.45) is 6.83. The average Bonchev–Trinajstić information content (AvgIpc) is 2.67. The molecule has 0 bridgehead atoms. The van der Waals surface area contributed by atoms with Crippen LogP contribution in [0, 0.1) is 11.7 Å². The third-order valence-electron chi connectivity index (χ3n) is 4.65. The summed E-state index contributed by atoms with van der Waals surface area (Å²) in [5.41, 5.74) is 1.72. The van der Waals surface area contributed by atoms with Crippen LogP contribution in [0.25, 0.3) is 0 Å². The van der Waals surface area contributed by atoms with Gasteiger partial charge in [-0.05, 0) is 54.5 Å². The second kappa shape index (κ2) is 8.72. The molecule has 0 saturated carbocycles. The monoisotopic (exact) mass is 342 g/mol. The van der Waals surface area contributed by atoms with Gasteiger partial charge in [-0.15, -0.1) is 0 Å². The Morgan fingerprint density at radius 3 is 2.64 bits per heavy atom. The lowest BCUT2D eigenvalue weighted by molar-refractivity contribution is -0.122.